The van der Waals surface area contributed by atoms with E-state index in [1.807, 2.05) is 0 Å². The number of likely N-dealkylation sites (tertiary alicyclic amines) is 1. The molecule has 1 N–H and O–H groups in total. The number of nitrogens with zero attached hydrogens (tertiary/aromatic N) is 1. The van der Waals surface area contributed by atoms with Gasteiger partial charge in [-0.05, 0) is 24.6 Å². The first-order valence-electron chi connectivity index (χ1n) is 6.40. The van der Waals surface area contributed by atoms with Crippen molar-refractivity contribution in [1.29, 1.82) is 0 Å². The maximum absolute atomic E-state index is 11.8. The van der Waals surface area contributed by atoms with Crippen molar-refractivity contribution in [2.24, 2.45) is 0 Å². The van der Waals surface area contributed by atoms with E-state index in [2.05, 4.69) is 0 Å². The second-order valence-electron chi connectivity index (χ2n) is 4.50. The van der Waals surface area contributed by atoms with Crippen molar-refractivity contribution in [2.75, 3.05) is 20.3 Å². The number of imide groups is 1. The third-order valence-corrected chi connectivity index (χ3v) is 3.12. The van der Waals surface area contributed by atoms with Crippen LogP contribution < -0.4 is 4.74 Å². The quantitative estimate of drug-likeness (QED) is 0.822. The standard InChI is InChI=1S/C14H15NO6/c1-20-9-4-5-11(16)10(7-9)14(19)21-8-13(18)15-6-2-3-12(15)17/h4-5,7,16H,2-3,6,8H2,1H3. The Kier molecular flexibility index (Phi) is 4.42. The molecule has 0 unspecified atom stereocenters. The van der Waals surface area contributed by atoms with Crippen LogP contribution in [0.2, 0.25) is 0 Å². The minimum Gasteiger partial charge on any atom is -0.507 e. The van der Waals surface area contributed by atoms with Gasteiger partial charge in [-0.25, -0.2) is 4.79 Å². The number of benzene rings is 1. The third kappa shape index (κ3) is 3.31. The summed E-state index contributed by atoms with van der Waals surface area (Å²) in [5.74, 6) is -1.58. The van der Waals surface area contributed by atoms with E-state index in [4.69, 9.17) is 9.47 Å². The first kappa shape index (κ1) is 14.8. The fraction of sp³-hybridized carbons (Fsp3) is 0.357. The van der Waals surface area contributed by atoms with Gasteiger partial charge in [-0.3, -0.25) is 14.5 Å². The van der Waals surface area contributed by atoms with E-state index < -0.39 is 18.5 Å². The fourth-order valence-electron chi connectivity index (χ4n) is 2.00. The van der Waals surface area contributed by atoms with Gasteiger partial charge >= 0.3 is 5.97 Å². The highest BCUT2D eigenvalue weighted by molar-refractivity contribution is 5.99. The van der Waals surface area contributed by atoms with Crippen LogP contribution in [0, 0.1) is 0 Å². The van der Waals surface area contributed by atoms with Gasteiger partial charge < -0.3 is 14.6 Å². The van der Waals surface area contributed by atoms with Crippen LogP contribution in [-0.4, -0.2) is 48.1 Å². The molecule has 2 amide bonds. The second-order valence-corrected chi connectivity index (χ2v) is 4.50. The molecule has 1 aliphatic rings. The zero-order valence-corrected chi connectivity index (χ0v) is 11.5. The highest BCUT2D eigenvalue weighted by atomic mass is 16.5. The number of esters is 1. The third-order valence-electron chi connectivity index (χ3n) is 3.12. The molecule has 1 saturated heterocycles. The molecule has 7 heteroatoms. The average Bonchev–Trinajstić information content (AvgIpc) is 2.91. The Morgan fingerprint density at radius 1 is 1.38 bits per heavy atom. The average molecular weight is 293 g/mol. The van der Waals surface area contributed by atoms with Crippen molar-refractivity contribution in [2.45, 2.75) is 12.8 Å². The van der Waals surface area contributed by atoms with Crippen LogP contribution in [0.1, 0.15) is 23.2 Å². The van der Waals surface area contributed by atoms with E-state index in [-0.39, 0.29) is 17.2 Å². The molecule has 2 rings (SSSR count). The molecule has 0 spiro atoms. The Balaban J connectivity index is 1.98. The summed E-state index contributed by atoms with van der Waals surface area (Å²) >= 11 is 0. The van der Waals surface area contributed by atoms with Crippen LogP contribution in [-0.2, 0) is 14.3 Å². The van der Waals surface area contributed by atoms with Crippen LogP contribution in [0.25, 0.3) is 0 Å². The smallest absolute Gasteiger partial charge is 0.342 e. The molecule has 0 aliphatic carbocycles. The molecular weight excluding hydrogens is 278 g/mol. The summed E-state index contributed by atoms with van der Waals surface area (Å²) in [7, 11) is 1.42. The number of aromatic hydroxyl groups is 1. The number of carbonyl (C=O) groups excluding carboxylic acids is 3. The highest BCUT2D eigenvalue weighted by Crippen LogP contribution is 2.23. The molecule has 7 nitrogen and oxygen atoms in total. The lowest BCUT2D eigenvalue weighted by Gasteiger charge is -2.13. The molecule has 1 aromatic carbocycles. The van der Waals surface area contributed by atoms with Gasteiger partial charge in [-0.15, -0.1) is 0 Å². The van der Waals surface area contributed by atoms with Crippen molar-refractivity contribution < 1.29 is 29.0 Å². The lowest BCUT2D eigenvalue weighted by atomic mass is 10.2. The molecule has 1 aromatic rings. The number of hydrogen-bond acceptors (Lipinski definition) is 6. The van der Waals surface area contributed by atoms with Gasteiger partial charge in [0.1, 0.15) is 17.1 Å². The summed E-state index contributed by atoms with van der Waals surface area (Å²) in [5.41, 5.74) is -0.102. The van der Waals surface area contributed by atoms with Crippen LogP contribution in [0.15, 0.2) is 18.2 Å². The number of methoxy groups -OCH3 is 1. The van der Waals surface area contributed by atoms with Crippen molar-refractivity contribution in [3.63, 3.8) is 0 Å². The summed E-state index contributed by atoms with van der Waals surface area (Å²) in [6, 6.07) is 4.09. The van der Waals surface area contributed by atoms with Crippen LogP contribution >= 0.6 is 0 Å². The largest absolute Gasteiger partial charge is 0.507 e. The zero-order valence-electron chi connectivity index (χ0n) is 11.5. The van der Waals surface area contributed by atoms with Gasteiger partial charge in [-0.2, -0.15) is 0 Å². The first-order valence-corrected chi connectivity index (χ1v) is 6.40. The van der Waals surface area contributed by atoms with Crippen LogP contribution in [0.5, 0.6) is 11.5 Å². The lowest BCUT2D eigenvalue weighted by Crippen LogP contribution is -2.35. The zero-order chi connectivity index (χ0) is 15.4. The summed E-state index contributed by atoms with van der Waals surface area (Å²) in [4.78, 5) is 36.0. The number of carbonyl (C=O) groups is 3. The SMILES string of the molecule is COc1ccc(O)c(C(=O)OCC(=O)N2CCCC2=O)c1. The minimum atomic E-state index is -0.855. The Morgan fingerprint density at radius 2 is 2.14 bits per heavy atom. The summed E-state index contributed by atoms with van der Waals surface area (Å²) in [6.07, 6.45) is 0.950. The van der Waals surface area contributed by atoms with Gasteiger partial charge in [0.05, 0.1) is 7.11 Å². The van der Waals surface area contributed by atoms with E-state index >= 15 is 0 Å². The van der Waals surface area contributed by atoms with Crippen molar-refractivity contribution in [3.8, 4) is 11.5 Å². The Labute approximate surface area is 121 Å². The second kappa shape index (κ2) is 6.25. The lowest BCUT2D eigenvalue weighted by molar-refractivity contribution is -0.143. The molecule has 1 heterocycles. The molecule has 0 atom stereocenters. The Bertz CT molecular complexity index is 583. The number of hydrogen-bond donors (Lipinski definition) is 1. The highest BCUT2D eigenvalue weighted by Gasteiger charge is 2.27. The van der Waals surface area contributed by atoms with Crippen LogP contribution in [0.3, 0.4) is 0 Å². The molecular formula is C14H15NO6. The topological polar surface area (TPSA) is 93.1 Å². The predicted octanol–water partition coefficient (Wildman–Crippen LogP) is 0.707. The van der Waals surface area contributed by atoms with Gasteiger partial charge in [0.2, 0.25) is 5.91 Å². The maximum Gasteiger partial charge on any atom is 0.342 e. The van der Waals surface area contributed by atoms with Gasteiger partial charge in [-0.1, -0.05) is 0 Å². The number of amides is 2. The van der Waals surface area contributed by atoms with Gasteiger partial charge in [0.25, 0.3) is 5.91 Å². The van der Waals surface area contributed by atoms with E-state index in [0.717, 1.165) is 4.90 Å². The van der Waals surface area contributed by atoms with Gasteiger partial charge in [0.15, 0.2) is 6.61 Å². The number of phenolic OH excluding ortho intramolecular Hbond substituents is 1. The summed E-state index contributed by atoms with van der Waals surface area (Å²) in [6.45, 7) is -0.194. The molecule has 0 aromatic heterocycles. The Hall–Kier alpha value is -2.57. The van der Waals surface area contributed by atoms with Crippen LogP contribution in [0.4, 0.5) is 0 Å². The van der Waals surface area contributed by atoms with Crippen molar-refractivity contribution in [1.82, 2.24) is 4.90 Å². The molecule has 0 bridgehead atoms. The molecule has 1 aliphatic heterocycles. The van der Waals surface area contributed by atoms with E-state index in [1.165, 1.54) is 25.3 Å². The number of phenols is 1. The predicted molar refractivity (Wildman–Crippen MR) is 70.9 cm³/mol. The normalized spacial score (nSPS) is 14.1. The number of rotatable bonds is 4. The molecule has 21 heavy (non-hydrogen) atoms. The number of ether oxygens (including phenoxy) is 2. The molecule has 0 radical (unpaired) electrons. The van der Waals surface area contributed by atoms with E-state index in [0.29, 0.717) is 25.1 Å². The van der Waals surface area contributed by atoms with Crippen molar-refractivity contribution >= 4 is 17.8 Å². The van der Waals surface area contributed by atoms with Gasteiger partial charge in [0, 0.05) is 13.0 Å². The Morgan fingerprint density at radius 3 is 2.76 bits per heavy atom. The molecule has 0 saturated carbocycles. The minimum absolute atomic E-state index is 0.102. The van der Waals surface area contributed by atoms with Crippen molar-refractivity contribution in [3.05, 3.63) is 23.8 Å². The monoisotopic (exact) mass is 293 g/mol. The van der Waals surface area contributed by atoms with E-state index in [9.17, 15) is 19.5 Å². The summed E-state index contributed by atoms with van der Waals surface area (Å²) in [5, 5.41) is 9.61. The summed E-state index contributed by atoms with van der Waals surface area (Å²) < 4.78 is 9.78. The first-order chi connectivity index (χ1) is 10.0. The fourth-order valence-corrected chi connectivity index (χ4v) is 2.00. The van der Waals surface area contributed by atoms with E-state index in [1.54, 1.807) is 0 Å². The molecule has 112 valence electrons. The molecule has 1 fully saturated rings. The maximum atomic E-state index is 11.8.